The molecule has 0 bridgehead atoms. The molecule has 1 aliphatic carbocycles. The second kappa shape index (κ2) is 8.82. The Kier molecular flexibility index (Phi) is 6.78. The first-order valence-electron chi connectivity index (χ1n) is 7.28. The lowest BCUT2D eigenvalue weighted by atomic mass is 9.85. The summed E-state index contributed by atoms with van der Waals surface area (Å²) in [4.78, 5) is 34.5. The lowest BCUT2D eigenvalue weighted by molar-refractivity contribution is -0.143. The summed E-state index contributed by atoms with van der Waals surface area (Å²) in [6.45, 7) is 1.84. The van der Waals surface area contributed by atoms with E-state index in [1.54, 1.807) is 6.92 Å². The summed E-state index contributed by atoms with van der Waals surface area (Å²) in [7, 11) is 0. The summed E-state index contributed by atoms with van der Waals surface area (Å²) < 4.78 is 5.29. The Bertz CT molecular complexity index is 574. The fraction of sp³-hybridized carbons (Fsp3) is 0.615. The highest BCUT2D eigenvalue weighted by Gasteiger charge is 2.26. The first kappa shape index (κ1) is 17.7. The van der Waals surface area contributed by atoms with Crippen LogP contribution < -0.4 is 10.6 Å². The second-order valence-corrected chi connectivity index (χ2v) is 7.06. The quantitative estimate of drug-likeness (QED) is 0.406. The van der Waals surface area contributed by atoms with Gasteiger partial charge in [-0.05, 0) is 19.8 Å². The average molecular weight is 358 g/mol. The van der Waals surface area contributed by atoms with Crippen LogP contribution >= 0.6 is 23.1 Å². The molecule has 1 aromatic rings. The van der Waals surface area contributed by atoms with Gasteiger partial charge in [0.2, 0.25) is 16.9 Å². The predicted octanol–water partition coefficient (Wildman–Crippen LogP) is 1.05. The zero-order chi connectivity index (χ0) is 16.7. The molecule has 126 valence electrons. The molecule has 0 aromatic carbocycles. The molecule has 1 fully saturated rings. The number of carbonyl (C=O) groups excluding carboxylic acids is 3. The van der Waals surface area contributed by atoms with Crippen molar-refractivity contribution in [3.05, 3.63) is 0 Å². The molecule has 0 saturated heterocycles. The normalized spacial score (nSPS) is 14.0. The number of esters is 1. The van der Waals surface area contributed by atoms with Crippen molar-refractivity contribution in [2.24, 2.45) is 5.92 Å². The van der Waals surface area contributed by atoms with Crippen LogP contribution in [0.15, 0.2) is 4.34 Å². The Hall–Kier alpha value is -1.68. The molecular weight excluding hydrogens is 340 g/mol. The van der Waals surface area contributed by atoms with Gasteiger partial charge in [0, 0.05) is 5.92 Å². The highest BCUT2D eigenvalue weighted by molar-refractivity contribution is 8.01. The largest absolute Gasteiger partial charge is 0.465 e. The molecule has 1 heterocycles. The highest BCUT2D eigenvalue weighted by atomic mass is 32.2. The molecule has 0 spiro atoms. The monoisotopic (exact) mass is 358 g/mol. The third-order valence-corrected chi connectivity index (χ3v) is 5.15. The van der Waals surface area contributed by atoms with Crippen LogP contribution in [0.5, 0.6) is 0 Å². The van der Waals surface area contributed by atoms with Crippen molar-refractivity contribution < 1.29 is 19.1 Å². The number of thioether (sulfide) groups is 1. The highest BCUT2D eigenvalue weighted by Crippen LogP contribution is 2.29. The number of amides is 2. The maximum absolute atomic E-state index is 11.8. The molecule has 1 saturated carbocycles. The van der Waals surface area contributed by atoms with Crippen molar-refractivity contribution in [3.63, 3.8) is 0 Å². The van der Waals surface area contributed by atoms with E-state index in [4.69, 9.17) is 4.74 Å². The minimum Gasteiger partial charge on any atom is -0.465 e. The summed E-state index contributed by atoms with van der Waals surface area (Å²) in [5.74, 6) is -0.578. The molecule has 23 heavy (non-hydrogen) atoms. The topological polar surface area (TPSA) is 110 Å². The van der Waals surface area contributed by atoms with Crippen LogP contribution in [0.2, 0.25) is 0 Å². The number of aromatic nitrogens is 2. The van der Waals surface area contributed by atoms with Crippen LogP contribution in [0.1, 0.15) is 26.2 Å². The fourth-order valence-corrected chi connectivity index (χ4v) is 3.34. The third-order valence-electron chi connectivity index (χ3n) is 3.17. The molecule has 2 N–H and O–H groups in total. The lowest BCUT2D eigenvalue weighted by Gasteiger charge is -2.23. The summed E-state index contributed by atoms with van der Waals surface area (Å²) in [6, 6.07) is 0. The fourth-order valence-electron chi connectivity index (χ4n) is 1.76. The van der Waals surface area contributed by atoms with Gasteiger partial charge >= 0.3 is 5.97 Å². The number of hydrogen-bond acceptors (Lipinski definition) is 8. The van der Waals surface area contributed by atoms with Crippen molar-refractivity contribution in [1.29, 1.82) is 0 Å². The smallest absolute Gasteiger partial charge is 0.325 e. The molecule has 2 rings (SSSR count). The van der Waals surface area contributed by atoms with E-state index in [9.17, 15) is 14.4 Å². The van der Waals surface area contributed by atoms with Crippen molar-refractivity contribution in [3.8, 4) is 0 Å². The summed E-state index contributed by atoms with van der Waals surface area (Å²) in [5, 5.41) is 13.4. The molecule has 8 nitrogen and oxygen atoms in total. The Balaban J connectivity index is 1.68. The zero-order valence-electron chi connectivity index (χ0n) is 12.7. The Morgan fingerprint density at radius 1 is 1.35 bits per heavy atom. The van der Waals surface area contributed by atoms with E-state index in [-0.39, 0.29) is 36.6 Å². The number of ether oxygens (including phenoxy) is 1. The van der Waals surface area contributed by atoms with Gasteiger partial charge in [-0.3, -0.25) is 14.4 Å². The molecule has 0 atom stereocenters. The van der Waals surface area contributed by atoms with E-state index < -0.39 is 5.97 Å². The standard InChI is InChI=1S/C13H18N4O4S2/c1-2-21-10(19)6-14-9(18)7-22-13-17-16-12(23-13)15-11(20)8-4-3-5-8/h8H,2-7H2,1H3,(H,14,18)(H,15,16,20). The summed E-state index contributed by atoms with van der Waals surface area (Å²) in [6.07, 6.45) is 2.94. The number of anilines is 1. The number of rotatable bonds is 8. The van der Waals surface area contributed by atoms with E-state index in [0.717, 1.165) is 19.3 Å². The molecule has 2 amide bonds. The summed E-state index contributed by atoms with van der Waals surface area (Å²) >= 11 is 2.42. The van der Waals surface area contributed by atoms with Crippen molar-refractivity contribution >= 4 is 46.0 Å². The van der Waals surface area contributed by atoms with Gasteiger partial charge in [0.05, 0.1) is 12.4 Å². The van der Waals surface area contributed by atoms with Crippen molar-refractivity contribution in [2.45, 2.75) is 30.5 Å². The molecule has 1 aliphatic rings. The molecule has 10 heteroatoms. The zero-order valence-corrected chi connectivity index (χ0v) is 14.3. The molecule has 0 radical (unpaired) electrons. The van der Waals surface area contributed by atoms with E-state index in [0.29, 0.717) is 9.47 Å². The van der Waals surface area contributed by atoms with Crippen LogP contribution in [0.3, 0.4) is 0 Å². The van der Waals surface area contributed by atoms with Crippen LogP contribution in [0.4, 0.5) is 5.13 Å². The summed E-state index contributed by atoms with van der Waals surface area (Å²) in [5.41, 5.74) is 0. The Morgan fingerprint density at radius 3 is 2.78 bits per heavy atom. The Morgan fingerprint density at radius 2 is 2.13 bits per heavy atom. The predicted molar refractivity (Wildman–Crippen MR) is 86.2 cm³/mol. The van der Waals surface area contributed by atoms with Crippen molar-refractivity contribution in [1.82, 2.24) is 15.5 Å². The minimum absolute atomic E-state index is 0.0175. The van der Waals surface area contributed by atoms with Gasteiger partial charge < -0.3 is 15.4 Å². The number of hydrogen-bond donors (Lipinski definition) is 2. The van der Waals surface area contributed by atoms with Gasteiger partial charge in [0.15, 0.2) is 4.34 Å². The van der Waals surface area contributed by atoms with Gasteiger partial charge in [-0.15, -0.1) is 10.2 Å². The van der Waals surface area contributed by atoms with Gasteiger partial charge in [0.1, 0.15) is 6.54 Å². The van der Waals surface area contributed by atoms with E-state index in [2.05, 4.69) is 20.8 Å². The van der Waals surface area contributed by atoms with Crippen LogP contribution in [0, 0.1) is 5.92 Å². The lowest BCUT2D eigenvalue weighted by Crippen LogP contribution is -2.31. The van der Waals surface area contributed by atoms with E-state index in [1.165, 1.54) is 23.1 Å². The maximum atomic E-state index is 11.8. The average Bonchev–Trinajstić information content (AvgIpc) is 2.88. The first-order chi connectivity index (χ1) is 11.1. The van der Waals surface area contributed by atoms with Crippen LogP contribution in [-0.4, -0.2) is 46.9 Å². The van der Waals surface area contributed by atoms with Gasteiger partial charge in [-0.25, -0.2) is 0 Å². The molecule has 0 unspecified atom stereocenters. The van der Waals surface area contributed by atoms with Crippen molar-refractivity contribution in [2.75, 3.05) is 24.2 Å². The van der Waals surface area contributed by atoms with E-state index >= 15 is 0 Å². The van der Waals surface area contributed by atoms with Gasteiger partial charge in [0.25, 0.3) is 0 Å². The molecular formula is C13H18N4O4S2. The molecule has 1 aromatic heterocycles. The van der Waals surface area contributed by atoms with Gasteiger partial charge in [-0.2, -0.15) is 0 Å². The Labute approximate surface area is 141 Å². The molecule has 0 aliphatic heterocycles. The first-order valence-corrected chi connectivity index (χ1v) is 9.08. The minimum atomic E-state index is -0.470. The maximum Gasteiger partial charge on any atom is 0.325 e. The van der Waals surface area contributed by atoms with Gasteiger partial charge in [-0.1, -0.05) is 29.5 Å². The number of nitrogens with zero attached hydrogens (tertiary/aromatic N) is 2. The van der Waals surface area contributed by atoms with Crippen LogP contribution in [0.25, 0.3) is 0 Å². The second-order valence-electron chi connectivity index (χ2n) is 4.86. The SMILES string of the molecule is CCOC(=O)CNC(=O)CSc1nnc(NC(=O)C2CCC2)s1. The van der Waals surface area contributed by atoms with Crippen LogP contribution in [-0.2, 0) is 19.1 Å². The third kappa shape index (κ3) is 5.79. The van der Waals surface area contributed by atoms with E-state index in [1.807, 2.05) is 0 Å². The number of carbonyl (C=O) groups is 3. The number of nitrogens with one attached hydrogen (secondary N) is 2.